The molecule has 2 heterocycles. The molecule has 0 saturated carbocycles. The summed E-state index contributed by atoms with van der Waals surface area (Å²) in [7, 11) is 0. The molecule has 6 nitrogen and oxygen atoms in total. The number of benzene rings is 2. The summed E-state index contributed by atoms with van der Waals surface area (Å²) in [6, 6.07) is 16.5. The van der Waals surface area contributed by atoms with E-state index in [0.29, 0.717) is 41.2 Å². The number of rotatable bonds is 4. The van der Waals surface area contributed by atoms with Gasteiger partial charge in [0, 0.05) is 38.1 Å². The van der Waals surface area contributed by atoms with Gasteiger partial charge in [0.2, 0.25) is 0 Å². The Kier molecular flexibility index (Phi) is 5.45. The predicted octanol–water partition coefficient (Wildman–Crippen LogP) is 2.80. The highest BCUT2D eigenvalue weighted by Gasteiger charge is 2.26. The van der Waals surface area contributed by atoms with Crippen LogP contribution in [0.5, 0.6) is 0 Å². The van der Waals surface area contributed by atoms with Crippen molar-refractivity contribution in [1.29, 1.82) is 0 Å². The van der Waals surface area contributed by atoms with Crippen LogP contribution in [0.15, 0.2) is 59.4 Å². The Balaban J connectivity index is 1.71. The molecule has 0 atom stereocenters. The number of nitrogens with zero attached hydrogens (tertiary/aromatic N) is 4. The highest BCUT2D eigenvalue weighted by atomic mass is 16.2. The van der Waals surface area contributed by atoms with Gasteiger partial charge in [0.1, 0.15) is 0 Å². The van der Waals surface area contributed by atoms with Crippen LogP contribution in [0.1, 0.15) is 24.3 Å². The minimum atomic E-state index is -0.217. The number of aromatic nitrogens is 2. The van der Waals surface area contributed by atoms with Gasteiger partial charge in [-0.25, -0.2) is 0 Å². The van der Waals surface area contributed by atoms with Gasteiger partial charge >= 0.3 is 0 Å². The van der Waals surface area contributed by atoms with Crippen LogP contribution in [0, 0.1) is 5.92 Å². The monoisotopic (exact) mass is 390 g/mol. The molecule has 1 aliphatic rings. The number of hydrogen-bond acceptors (Lipinski definition) is 4. The Morgan fingerprint density at radius 1 is 0.931 bits per heavy atom. The van der Waals surface area contributed by atoms with Crippen LogP contribution >= 0.6 is 0 Å². The lowest BCUT2D eigenvalue weighted by molar-refractivity contribution is 0.0618. The van der Waals surface area contributed by atoms with Crippen LogP contribution in [-0.4, -0.2) is 58.2 Å². The molecule has 1 saturated heterocycles. The molecule has 0 aliphatic carbocycles. The summed E-state index contributed by atoms with van der Waals surface area (Å²) >= 11 is 0. The minimum Gasteiger partial charge on any atom is -0.335 e. The molecule has 6 heteroatoms. The molecule has 0 radical (unpaired) electrons. The van der Waals surface area contributed by atoms with Crippen molar-refractivity contribution in [2.45, 2.75) is 13.8 Å². The molecular formula is C23H26N4O2. The maximum Gasteiger partial charge on any atom is 0.279 e. The SMILES string of the molecule is CC(C)CN1CCN(C(=O)c2nn(-c3ccccc3)c(=O)c3ccccc23)CC1. The van der Waals surface area contributed by atoms with Crippen molar-refractivity contribution in [3.8, 4) is 5.69 Å². The van der Waals surface area contributed by atoms with Crippen molar-refractivity contribution in [2.24, 2.45) is 5.92 Å². The van der Waals surface area contributed by atoms with Gasteiger partial charge in [0.05, 0.1) is 11.1 Å². The highest BCUT2D eigenvalue weighted by Crippen LogP contribution is 2.18. The molecule has 1 amide bonds. The first-order valence-corrected chi connectivity index (χ1v) is 10.1. The smallest absolute Gasteiger partial charge is 0.279 e. The number of hydrogen-bond donors (Lipinski definition) is 0. The molecule has 150 valence electrons. The predicted molar refractivity (Wildman–Crippen MR) is 115 cm³/mol. The van der Waals surface area contributed by atoms with Gasteiger partial charge in [-0.2, -0.15) is 9.78 Å². The van der Waals surface area contributed by atoms with Crippen molar-refractivity contribution in [3.63, 3.8) is 0 Å². The van der Waals surface area contributed by atoms with Crippen molar-refractivity contribution in [2.75, 3.05) is 32.7 Å². The topological polar surface area (TPSA) is 58.4 Å². The quantitative estimate of drug-likeness (QED) is 0.687. The van der Waals surface area contributed by atoms with E-state index in [4.69, 9.17) is 0 Å². The van der Waals surface area contributed by atoms with Gasteiger partial charge in [-0.1, -0.05) is 50.2 Å². The lowest BCUT2D eigenvalue weighted by atomic mass is 10.1. The number of fused-ring (bicyclic) bond motifs is 1. The van der Waals surface area contributed by atoms with Crippen molar-refractivity contribution in [3.05, 3.63) is 70.6 Å². The lowest BCUT2D eigenvalue weighted by Gasteiger charge is -2.35. The summed E-state index contributed by atoms with van der Waals surface area (Å²) in [5.41, 5.74) is 0.769. The van der Waals surface area contributed by atoms with Crippen molar-refractivity contribution in [1.82, 2.24) is 19.6 Å². The summed E-state index contributed by atoms with van der Waals surface area (Å²) in [5, 5.41) is 5.63. The molecule has 1 aliphatic heterocycles. The molecule has 3 aromatic rings. The third kappa shape index (κ3) is 3.93. The number of carbonyl (C=O) groups is 1. The zero-order valence-electron chi connectivity index (χ0n) is 16.9. The fourth-order valence-corrected chi connectivity index (χ4v) is 3.89. The number of para-hydroxylation sites is 1. The Morgan fingerprint density at radius 3 is 2.21 bits per heavy atom. The molecule has 0 bridgehead atoms. The molecule has 4 rings (SSSR count). The number of carbonyl (C=O) groups excluding carboxylic acids is 1. The van der Waals surface area contributed by atoms with E-state index in [9.17, 15) is 9.59 Å². The molecule has 1 aromatic heterocycles. The van der Waals surface area contributed by atoms with Gasteiger partial charge in [0.15, 0.2) is 5.69 Å². The van der Waals surface area contributed by atoms with E-state index in [-0.39, 0.29) is 11.5 Å². The van der Waals surface area contributed by atoms with Gasteiger partial charge in [-0.3, -0.25) is 14.5 Å². The van der Waals surface area contributed by atoms with Crippen LogP contribution in [0.2, 0.25) is 0 Å². The zero-order chi connectivity index (χ0) is 20.4. The van der Waals surface area contributed by atoms with Gasteiger partial charge in [0.25, 0.3) is 11.5 Å². The molecule has 0 unspecified atom stereocenters. The largest absolute Gasteiger partial charge is 0.335 e. The maximum atomic E-state index is 13.4. The van der Waals surface area contributed by atoms with E-state index in [1.807, 2.05) is 47.4 Å². The summed E-state index contributed by atoms with van der Waals surface area (Å²) in [6.45, 7) is 8.53. The third-order valence-corrected chi connectivity index (χ3v) is 5.29. The average molecular weight is 390 g/mol. The van der Waals surface area contributed by atoms with Crippen LogP contribution in [0.3, 0.4) is 0 Å². The minimum absolute atomic E-state index is 0.116. The average Bonchev–Trinajstić information content (AvgIpc) is 2.74. The first kappa shape index (κ1) is 19.3. The third-order valence-electron chi connectivity index (χ3n) is 5.29. The first-order valence-electron chi connectivity index (χ1n) is 10.1. The van der Waals surface area contributed by atoms with E-state index in [1.165, 1.54) is 4.68 Å². The van der Waals surface area contributed by atoms with Crippen molar-refractivity contribution < 1.29 is 4.79 Å². The van der Waals surface area contributed by atoms with Crippen LogP contribution in [0.4, 0.5) is 0 Å². The number of amides is 1. The van der Waals surface area contributed by atoms with Gasteiger partial charge < -0.3 is 4.90 Å². The fraction of sp³-hybridized carbons (Fsp3) is 0.348. The maximum absolute atomic E-state index is 13.4. The Hall–Kier alpha value is -2.99. The molecular weight excluding hydrogens is 364 g/mol. The second-order valence-electron chi connectivity index (χ2n) is 7.93. The summed E-state index contributed by atoms with van der Waals surface area (Å²) in [4.78, 5) is 30.6. The van der Waals surface area contributed by atoms with E-state index in [0.717, 1.165) is 19.6 Å². The van der Waals surface area contributed by atoms with Crippen LogP contribution < -0.4 is 5.56 Å². The lowest BCUT2D eigenvalue weighted by Crippen LogP contribution is -2.49. The van der Waals surface area contributed by atoms with Crippen LogP contribution in [-0.2, 0) is 0 Å². The zero-order valence-corrected chi connectivity index (χ0v) is 16.9. The Morgan fingerprint density at radius 2 is 1.55 bits per heavy atom. The second-order valence-corrected chi connectivity index (χ2v) is 7.93. The summed E-state index contributed by atoms with van der Waals surface area (Å²) in [6.07, 6.45) is 0. The molecule has 1 fully saturated rings. The Labute approximate surface area is 170 Å². The fourth-order valence-electron chi connectivity index (χ4n) is 3.89. The molecule has 0 N–H and O–H groups in total. The summed E-state index contributed by atoms with van der Waals surface area (Å²) in [5.74, 6) is 0.493. The first-order chi connectivity index (χ1) is 14.0. The van der Waals surface area contributed by atoms with Gasteiger partial charge in [-0.05, 0) is 24.1 Å². The highest BCUT2D eigenvalue weighted by molar-refractivity contribution is 6.04. The normalized spacial score (nSPS) is 15.2. The molecule has 0 spiro atoms. The summed E-state index contributed by atoms with van der Waals surface area (Å²) < 4.78 is 1.34. The van der Waals surface area contributed by atoms with Gasteiger partial charge in [-0.15, -0.1) is 0 Å². The van der Waals surface area contributed by atoms with Crippen LogP contribution in [0.25, 0.3) is 16.5 Å². The van der Waals surface area contributed by atoms with E-state index in [1.54, 1.807) is 12.1 Å². The number of piperazine rings is 1. The van der Waals surface area contributed by atoms with E-state index < -0.39 is 0 Å². The van der Waals surface area contributed by atoms with E-state index in [2.05, 4.69) is 23.8 Å². The molecule has 29 heavy (non-hydrogen) atoms. The standard InChI is InChI=1S/C23H26N4O2/c1-17(2)16-25-12-14-26(15-13-25)23(29)21-19-10-6-7-11-20(19)22(28)27(24-21)18-8-4-3-5-9-18/h3-11,17H,12-16H2,1-2H3. The Bertz CT molecular complexity index is 1070. The van der Waals surface area contributed by atoms with Crippen molar-refractivity contribution >= 4 is 16.7 Å². The molecule has 2 aromatic carbocycles. The van der Waals surface area contributed by atoms with E-state index >= 15 is 0 Å². The second kappa shape index (κ2) is 8.17.